The van der Waals surface area contributed by atoms with Gasteiger partial charge in [-0.1, -0.05) is 84.8 Å². The first kappa shape index (κ1) is 23.3. The molecule has 160 valence electrons. The summed E-state index contributed by atoms with van der Waals surface area (Å²) in [4.78, 5) is 0. The van der Waals surface area contributed by atoms with E-state index in [0.717, 1.165) is 31.2 Å². The average molecular weight is 389 g/mol. The van der Waals surface area contributed by atoms with E-state index in [-0.39, 0.29) is 11.5 Å². The number of phenols is 1. The van der Waals surface area contributed by atoms with Crippen LogP contribution in [0.2, 0.25) is 0 Å². The molecule has 1 aliphatic carbocycles. The quantitative estimate of drug-likeness (QED) is 0.386. The van der Waals surface area contributed by atoms with E-state index in [2.05, 4.69) is 39.8 Å². The van der Waals surface area contributed by atoms with Crippen molar-refractivity contribution < 1.29 is 10.2 Å². The van der Waals surface area contributed by atoms with E-state index in [1.807, 2.05) is 6.07 Å². The number of hydrogen-bond donors (Lipinski definition) is 2. The molecule has 1 saturated carbocycles. The Morgan fingerprint density at radius 1 is 0.964 bits per heavy atom. The molecule has 2 rings (SSSR count). The average Bonchev–Trinajstić information content (AvgIpc) is 2.66. The second-order valence-corrected chi connectivity index (χ2v) is 9.80. The largest absolute Gasteiger partial charge is 0.508 e. The fourth-order valence-electron chi connectivity index (χ4n) is 5.01. The molecule has 0 aliphatic heterocycles. The Morgan fingerprint density at radius 3 is 2.36 bits per heavy atom. The summed E-state index contributed by atoms with van der Waals surface area (Å²) in [6, 6.07) is 6.41. The predicted octanol–water partition coefficient (Wildman–Crippen LogP) is 7.47. The van der Waals surface area contributed by atoms with Crippen LogP contribution in [0.5, 0.6) is 5.75 Å². The maximum absolute atomic E-state index is 10.9. The molecule has 0 saturated heterocycles. The molecule has 2 N–H and O–H groups in total. The first-order valence-electron chi connectivity index (χ1n) is 11.9. The van der Waals surface area contributed by atoms with Gasteiger partial charge in [0.25, 0.3) is 0 Å². The van der Waals surface area contributed by atoms with Crippen molar-refractivity contribution in [2.45, 2.75) is 122 Å². The maximum atomic E-state index is 10.9. The van der Waals surface area contributed by atoms with Crippen LogP contribution in [0, 0.1) is 5.92 Å². The van der Waals surface area contributed by atoms with Crippen LogP contribution in [0.3, 0.4) is 0 Å². The summed E-state index contributed by atoms with van der Waals surface area (Å²) in [5, 5.41) is 21.2. The minimum atomic E-state index is -0.221. The standard InChI is InChI=1S/C26H44O2/c1-5-7-9-11-17-26(3,4)21-14-16-23(25(28)18-21)24-19-22(27)15-13-20(24)12-10-8-6-2/h14,16,18,20,22,24,27-28H,5-13,15,17,19H2,1-4H3/t20-,22-,24-/m1/s1. The highest BCUT2D eigenvalue weighted by Gasteiger charge is 2.32. The third kappa shape index (κ3) is 6.51. The summed E-state index contributed by atoms with van der Waals surface area (Å²) < 4.78 is 0. The molecular formula is C26H44O2. The van der Waals surface area contributed by atoms with E-state index in [1.54, 1.807) is 0 Å². The van der Waals surface area contributed by atoms with Crippen LogP contribution in [0.15, 0.2) is 18.2 Å². The zero-order valence-corrected chi connectivity index (χ0v) is 18.8. The summed E-state index contributed by atoms with van der Waals surface area (Å²) in [6.07, 6.45) is 13.9. The first-order valence-corrected chi connectivity index (χ1v) is 11.9. The molecule has 0 aromatic heterocycles. The van der Waals surface area contributed by atoms with Crippen molar-refractivity contribution in [1.82, 2.24) is 0 Å². The van der Waals surface area contributed by atoms with Gasteiger partial charge in [-0.05, 0) is 66.5 Å². The summed E-state index contributed by atoms with van der Waals surface area (Å²) >= 11 is 0. The van der Waals surface area contributed by atoms with Crippen LogP contribution in [0.25, 0.3) is 0 Å². The van der Waals surface area contributed by atoms with Crippen molar-refractivity contribution in [3.8, 4) is 5.75 Å². The van der Waals surface area contributed by atoms with E-state index < -0.39 is 0 Å². The third-order valence-electron chi connectivity index (χ3n) is 7.01. The molecule has 1 aromatic carbocycles. The summed E-state index contributed by atoms with van der Waals surface area (Å²) in [7, 11) is 0. The predicted molar refractivity (Wildman–Crippen MR) is 120 cm³/mol. The molecule has 0 unspecified atom stereocenters. The smallest absolute Gasteiger partial charge is 0.119 e. The van der Waals surface area contributed by atoms with Gasteiger partial charge in [-0.3, -0.25) is 0 Å². The van der Waals surface area contributed by atoms with E-state index in [9.17, 15) is 10.2 Å². The highest BCUT2D eigenvalue weighted by molar-refractivity contribution is 5.42. The number of aliphatic hydroxyl groups excluding tert-OH is 1. The van der Waals surface area contributed by atoms with Crippen molar-refractivity contribution in [3.05, 3.63) is 29.3 Å². The zero-order chi connectivity index (χ0) is 20.6. The van der Waals surface area contributed by atoms with Crippen molar-refractivity contribution in [2.75, 3.05) is 0 Å². The molecule has 2 heteroatoms. The lowest BCUT2D eigenvalue weighted by Crippen LogP contribution is -2.26. The minimum absolute atomic E-state index is 0.0936. The van der Waals surface area contributed by atoms with Crippen LogP contribution in [-0.4, -0.2) is 16.3 Å². The molecule has 1 aliphatic rings. The second kappa shape index (κ2) is 11.2. The van der Waals surface area contributed by atoms with Gasteiger partial charge in [0.2, 0.25) is 0 Å². The van der Waals surface area contributed by atoms with E-state index in [1.165, 1.54) is 56.9 Å². The number of unbranched alkanes of at least 4 members (excludes halogenated alkanes) is 5. The normalized spacial score (nSPS) is 23.1. The number of aromatic hydroxyl groups is 1. The van der Waals surface area contributed by atoms with Gasteiger partial charge in [0.15, 0.2) is 0 Å². The van der Waals surface area contributed by atoms with Crippen molar-refractivity contribution >= 4 is 0 Å². The molecule has 2 nitrogen and oxygen atoms in total. The van der Waals surface area contributed by atoms with Crippen LogP contribution in [0.1, 0.15) is 122 Å². The minimum Gasteiger partial charge on any atom is -0.508 e. The van der Waals surface area contributed by atoms with Crippen molar-refractivity contribution in [1.29, 1.82) is 0 Å². The molecule has 0 bridgehead atoms. The van der Waals surface area contributed by atoms with Gasteiger partial charge in [-0.25, -0.2) is 0 Å². The van der Waals surface area contributed by atoms with Gasteiger partial charge >= 0.3 is 0 Å². The Labute approximate surface area is 173 Å². The van der Waals surface area contributed by atoms with Crippen LogP contribution in [-0.2, 0) is 5.41 Å². The fourth-order valence-corrected chi connectivity index (χ4v) is 5.01. The maximum Gasteiger partial charge on any atom is 0.119 e. The van der Waals surface area contributed by atoms with Gasteiger partial charge in [-0.15, -0.1) is 0 Å². The van der Waals surface area contributed by atoms with E-state index in [4.69, 9.17) is 0 Å². The zero-order valence-electron chi connectivity index (χ0n) is 18.8. The number of rotatable bonds is 11. The SMILES string of the molecule is CCCCCCC(C)(C)c1ccc([C@@H]2C[C@H](O)CC[C@H]2CCCCC)c(O)c1. The van der Waals surface area contributed by atoms with Crippen LogP contribution in [0.4, 0.5) is 0 Å². The highest BCUT2D eigenvalue weighted by atomic mass is 16.3. The van der Waals surface area contributed by atoms with E-state index in [0.29, 0.717) is 17.6 Å². The Bertz CT molecular complexity index is 578. The second-order valence-electron chi connectivity index (χ2n) is 9.80. The van der Waals surface area contributed by atoms with E-state index >= 15 is 0 Å². The highest BCUT2D eigenvalue weighted by Crippen LogP contribution is 2.44. The Hall–Kier alpha value is -1.02. The summed E-state index contributed by atoms with van der Waals surface area (Å²) in [5.41, 5.74) is 2.39. The molecule has 0 heterocycles. The summed E-state index contributed by atoms with van der Waals surface area (Å²) in [5.74, 6) is 1.33. The molecule has 0 amide bonds. The molecule has 1 aromatic rings. The monoisotopic (exact) mass is 388 g/mol. The third-order valence-corrected chi connectivity index (χ3v) is 7.01. The lowest BCUT2D eigenvalue weighted by atomic mass is 9.71. The number of aliphatic hydroxyl groups is 1. The van der Waals surface area contributed by atoms with Gasteiger partial charge in [0, 0.05) is 0 Å². The molecule has 1 fully saturated rings. The lowest BCUT2D eigenvalue weighted by Gasteiger charge is -2.35. The molecule has 0 spiro atoms. The first-order chi connectivity index (χ1) is 13.4. The number of benzene rings is 1. The van der Waals surface area contributed by atoms with Crippen LogP contribution >= 0.6 is 0 Å². The fraction of sp³-hybridized carbons (Fsp3) is 0.769. The summed E-state index contributed by atoms with van der Waals surface area (Å²) in [6.45, 7) is 9.09. The number of hydrogen-bond acceptors (Lipinski definition) is 2. The Morgan fingerprint density at radius 2 is 1.68 bits per heavy atom. The van der Waals surface area contributed by atoms with Crippen molar-refractivity contribution in [2.24, 2.45) is 5.92 Å². The van der Waals surface area contributed by atoms with Gasteiger partial charge < -0.3 is 10.2 Å². The Kier molecular flexibility index (Phi) is 9.34. The van der Waals surface area contributed by atoms with Crippen molar-refractivity contribution in [3.63, 3.8) is 0 Å². The van der Waals surface area contributed by atoms with Gasteiger partial charge in [0.1, 0.15) is 5.75 Å². The topological polar surface area (TPSA) is 40.5 Å². The Balaban J connectivity index is 2.11. The van der Waals surface area contributed by atoms with Gasteiger partial charge in [-0.2, -0.15) is 0 Å². The molecule has 0 radical (unpaired) electrons. The van der Waals surface area contributed by atoms with Crippen LogP contribution < -0.4 is 0 Å². The van der Waals surface area contributed by atoms with Gasteiger partial charge in [0.05, 0.1) is 6.10 Å². The number of phenolic OH excluding ortho intramolecular Hbond substituents is 1. The lowest BCUT2D eigenvalue weighted by molar-refractivity contribution is 0.0896. The molecule has 28 heavy (non-hydrogen) atoms. The molecular weight excluding hydrogens is 344 g/mol. The molecule has 3 atom stereocenters.